The van der Waals surface area contributed by atoms with Crippen molar-refractivity contribution >= 4 is 5.96 Å². The molecule has 0 aliphatic carbocycles. The van der Waals surface area contributed by atoms with Crippen LogP contribution >= 0.6 is 0 Å². The highest BCUT2D eigenvalue weighted by Gasteiger charge is 2.29. The summed E-state index contributed by atoms with van der Waals surface area (Å²) in [6.07, 6.45) is 4.72. The van der Waals surface area contributed by atoms with Gasteiger partial charge in [-0.1, -0.05) is 30.3 Å². The fourth-order valence-electron chi connectivity index (χ4n) is 4.72. The highest BCUT2D eigenvalue weighted by atomic mass is 16.5. The fourth-order valence-corrected chi connectivity index (χ4v) is 4.72. The third-order valence-corrected chi connectivity index (χ3v) is 6.44. The largest absolute Gasteiger partial charge is 0.385 e. The first kappa shape index (κ1) is 24.0. The number of methoxy groups -OCH3 is 1. The van der Waals surface area contributed by atoms with Gasteiger partial charge in [-0.15, -0.1) is 0 Å². The molecule has 2 unspecified atom stereocenters. The molecule has 2 saturated heterocycles. The first-order chi connectivity index (χ1) is 15.2. The van der Waals surface area contributed by atoms with Crippen molar-refractivity contribution in [3.8, 4) is 0 Å². The van der Waals surface area contributed by atoms with Gasteiger partial charge in [-0.05, 0) is 51.0 Å². The summed E-state index contributed by atoms with van der Waals surface area (Å²) in [7, 11) is 1.74. The minimum Gasteiger partial charge on any atom is -0.385 e. The Morgan fingerprint density at radius 3 is 2.65 bits per heavy atom. The van der Waals surface area contributed by atoms with Crippen molar-refractivity contribution in [2.24, 2.45) is 10.9 Å². The van der Waals surface area contributed by atoms with Crippen molar-refractivity contribution in [1.29, 1.82) is 0 Å². The van der Waals surface area contributed by atoms with Gasteiger partial charge in [0, 0.05) is 65.6 Å². The first-order valence-corrected chi connectivity index (χ1v) is 12.1. The van der Waals surface area contributed by atoms with E-state index < -0.39 is 0 Å². The Hall–Kier alpha value is -1.63. The molecule has 6 nitrogen and oxygen atoms in total. The summed E-state index contributed by atoms with van der Waals surface area (Å²) in [5, 5.41) is 3.52. The number of hydrogen-bond acceptors (Lipinski definition) is 4. The number of hydrogen-bond donors (Lipinski definition) is 1. The zero-order valence-electron chi connectivity index (χ0n) is 19.8. The quantitative estimate of drug-likeness (QED) is 0.350. The lowest BCUT2D eigenvalue weighted by Gasteiger charge is -2.34. The van der Waals surface area contributed by atoms with E-state index >= 15 is 0 Å². The maximum Gasteiger partial charge on any atom is 0.193 e. The zero-order valence-corrected chi connectivity index (χ0v) is 19.8. The zero-order chi connectivity index (χ0) is 21.9. The summed E-state index contributed by atoms with van der Waals surface area (Å²) in [6.45, 7) is 12.1. The predicted molar refractivity (Wildman–Crippen MR) is 127 cm³/mol. The van der Waals surface area contributed by atoms with E-state index in [9.17, 15) is 0 Å². The van der Waals surface area contributed by atoms with Gasteiger partial charge in [-0.3, -0.25) is 9.89 Å². The molecule has 1 N–H and O–H groups in total. The lowest BCUT2D eigenvalue weighted by Crippen LogP contribution is -2.47. The summed E-state index contributed by atoms with van der Waals surface area (Å²) in [6, 6.07) is 11.4. The lowest BCUT2D eigenvalue weighted by atomic mass is 10.1. The first-order valence-electron chi connectivity index (χ1n) is 12.1. The number of benzene rings is 1. The van der Waals surface area contributed by atoms with Gasteiger partial charge in [-0.25, -0.2) is 0 Å². The molecular formula is C25H42N4O2. The van der Waals surface area contributed by atoms with Gasteiger partial charge in [0.05, 0.1) is 6.10 Å². The van der Waals surface area contributed by atoms with Crippen molar-refractivity contribution in [2.75, 3.05) is 53.0 Å². The van der Waals surface area contributed by atoms with Gasteiger partial charge in [0.2, 0.25) is 0 Å². The molecule has 0 saturated carbocycles. The number of nitrogens with one attached hydrogen (secondary N) is 1. The highest BCUT2D eigenvalue weighted by molar-refractivity contribution is 5.80. The minimum absolute atomic E-state index is 0.373. The SMILES string of the molecule is CCNC(=NCC1CC(C)N(Cc2ccccc2)C1)N1CCC(OCCCOC)CC1. The van der Waals surface area contributed by atoms with Crippen LogP contribution in [0.4, 0.5) is 0 Å². The van der Waals surface area contributed by atoms with Gasteiger partial charge in [0.25, 0.3) is 0 Å². The molecule has 3 rings (SSSR count). The second-order valence-electron chi connectivity index (χ2n) is 8.96. The van der Waals surface area contributed by atoms with Crippen LogP contribution < -0.4 is 5.32 Å². The molecule has 6 heteroatoms. The van der Waals surface area contributed by atoms with E-state index in [2.05, 4.69) is 59.3 Å². The van der Waals surface area contributed by atoms with Crippen LogP contribution in [-0.4, -0.2) is 81.0 Å². The fraction of sp³-hybridized carbons (Fsp3) is 0.720. The molecule has 2 heterocycles. The van der Waals surface area contributed by atoms with Crippen LogP contribution in [0.1, 0.15) is 45.1 Å². The average Bonchev–Trinajstić information content (AvgIpc) is 3.14. The molecule has 1 aromatic carbocycles. The lowest BCUT2D eigenvalue weighted by molar-refractivity contribution is 0.00989. The number of likely N-dealkylation sites (tertiary alicyclic amines) is 2. The molecule has 0 spiro atoms. The summed E-state index contributed by atoms with van der Waals surface area (Å²) >= 11 is 0. The minimum atomic E-state index is 0.373. The topological polar surface area (TPSA) is 49.3 Å². The number of piperidine rings is 1. The third-order valence-electron chi connectivity index (χ3n) is 6.44. The Bertz CT molecular complexity index is 646. The number of guanidine groups is 1. The van der Waals surface area contributed by atoms with Gasteiger partial charge < -0.3 is 19.7 Å². The van der Waals surface area contributed by atoms with Crippen LogP contribution in [0.5, 0.6) is 0 Å². The van der Waals surface area contributed by atoms with Gasteiger partial charge in [0.1, 0.15) is 0 Å². The molecule has 2 atom stereocenters. The Balaban J connectivity index is 1.45. The summed E-state index contributed by atoms with van der Waals surface area (Å²) in [5.74, 6) is 1.71. The maximum atomic E-state index is 6.01. The van der Waals surface area contributed by atoms with E-state index in [-0.39, 0.29) is 0 Å². The maximum absolute atomic E-state index is 6.01. The Morgan fingerprint density at radius 2 is 1.94 bits per heavy atom. The second kappa shape index (κ2) is 13.0. The summed E-state index contributed by atoms with van der Waals surface area (Å²) < 4.78 is 11.1. The van der Waals surface area contributed by atoms with Crippen LogP contribution in [0.15, 0.2) is 35.3 Å². The Morgan fingerprint density at radius 1 is 1.16 bits per heavy atom. The highest BCUT2D eigenvalue weighted by Crippen LogP contribution is 2.25. The van der Waals surface area contributed by atoms with E-state index in [4.69, 9.17) is 14.5 Å². The molecule has 174 valence electrons. The molecule has 1 aromatic rings. The van der Waals surface area contributed by atoms with Crippen molar-refractivity contribution in [3.63, 3.8) is 0 Å². The van der Waals surface area contributed by atoms with E-state index in [1.165, 1.54) is 12.0 Å². The Kier molecular flexibility index (Phi) is 10.1. The normalized spacial score (nSPS) is 23.5. The summed E-state index contributed by atoms with van der Waals surface area (Å²) in [5.41, 5.74) is 1.40. The molecule has 0 radical (unpaired) electrons. The average molecular weight is 431 g/mol. The molecule has 0 amide bonds. The van der Waals surface area contributed by atoms with Crippen molar-refractivity contribution in [1.82, 2.24) is 15.1 Å². The van der Waals surface area contributed by atoms with E-state index in [1.54, 1.807) is 7.11 Å². The Labute approximate surface area is 189 Å². The molecule has 0 bridgehead atoms. The molecule has 2 aliphatic heterocycles. The van der Waals surface area contributed by atoms with E-state index in [0.717, 1.165) is 77.7 Å². The number of ether oxygens (including phenoxy) is 2. The second-order valence-corrected chi connectivity index (χ2v) is 8.96. The molecule has 0 aromatic heterocycles. The van der Waals surface area contributed by atoms with Crippen LogP contribution in [0.2, 0.25) is 0 Å². The van der Waals surface area contributed by atoms with Crippen molar-refractivity contribution in [2.45, 2.75) is 58.2 Å². The van der Waals surface area contributed by atoms with Gasteiger partial charge in [0.15, 0.2) is 5.96 Å². The van der Waals surface area contributed by atoms with Gasteiger partial charge >= 0.3 is 0 Å². The standard InChI is InChI=1S/C25H42N4O2/c1-4-26-25(28-13-11-24(12-14-28)31-16-8-15-30-3)27-18-23-17-21(2)29(20-23)19-22-9-6-5-7-10-22/h5-7,9-10,21,23-24H,4,8,11-20H2,1-3H3,(H,26,27). The number of nitrogens with zero attached hydrogens (tertiary/aromatic N) is 3. The smallest absolute Gasteiger partial charge is 0.193 e. The third kappa shape index (κ3) is 7.78. The summed E-state index contributed by atoms with van der Waals surface area (Å²) in [4.78, 5) is 10.1. The molecule has 31 heavy (non-hydrogen) atoms. The molecular weight excluding hydrogens is 388 g/mol. The predicted octanol–water partition coefficient (Wildman–Crippen LogP) is 3.38. The van der Waals surface area contributed by atoms with Crippen LogP contribution in [-0.2, 0) is 16.0 Å². The van der Waals surface area contributed by atoms with Crippen LogP contribution in [0, 0.1) is 5.92 Å². The van der Waals surface area contributed by atoms with Crippen LogP contribution in [0.25, 0.3) is 0 Å². The number of rotatable bonds is 10. The van der Waals surface area contributed by atoms with E-state index in [1.807, 2.05) is 0 Å². The van der Waals surface area contributed by atoms with Crippen LogP contribution in [0.3, 0.4) is 0 Å². The van der Waals surface area contributed by atoms with E-state index in [0.29, 0.717) is 18.1 Å². The van der Waals surface area contributed by atoms with Crippen molar-refractivity contribution in [3.05, 3.63) is 35.9 Å². The monoisotopic (exact) mass is 430 g/mol. The molecule has 2 aliphatic rings. The molecule has 2 fully saturated rings. The van der Waals surface area contributed by atoms with Gasteiger partial charge in [-0.2, -0.15) is 0 Å². The number of aliphatic imine (C=N–C) groups is 1. The van der Waals surface area contributed by atoms with Crippen molar-refractivity contribution < 1.29 is 9.47 Å².